The Bertz CT molecular complexity index is 546. The predicted molar refractivity (Wildman–Crippen MR) is 79.3 cm³/mol. The summed E-state index contributed by atoms with van der Waals surface area (Å²) in [5, 5.41) is 2.58. The fourth-order valence-corrected chi connectivity index (χ4v) is 1.96. The number of nitrogens with zero attached hydrogens (tertiary/aromatic N) is 1. The van der Waals surface area contributed by atoms with Crippen LogP contribution in [0.3, 0.4) is 0 Å². The first-order valence-corrected chi connectivity index (χ1v) is 6.56. The van der Waals surface area contributed by atoms with Gasteiger partial charge in [0.15, 0.2) is 0 Å². The summed E-state index contributed by atoms with van der Waals surface area (Å²) in [7, 11) is 1.53. The van der Waals surface area contributed by atoms with Crippen molar-refractivity contribution in [2.45, 2.75) is 13.1 Å². The molecule has 0 saturated carbocycles. The average Bonchev–Trinajstić information content (AvgIpc) is 2.37. The highest BCUT2D eigenvalue weighted by molar-refractivity contribution is 7.80. The monoisotopic (exact) mass is 319 g/mol. The number of carbonyl (C=O) groups is 1. The molecule has 0 aliphatic carbocycles. The molecular formula is C13H16F3N3OS. The zero-order chi connectivity index (χ0) is 16.2. The van der Waals surface area contributed by atoms with E-state index >= 15 is 0 Å². The van der Waals surface area contributed by atoms with E-state index in [2.05, 4.69) is 17.5 Å². The van der Waals surface area contributed by atoms with Crippen molar-refractivity contribution in [3.8, 4) is 0 Å². The number of rotatable bonds is 5. The van der Waals surface area contributed by atoms with Gasteiger partial charge in [0.2, 0.25) is 5.91 Å². The summed E-state index contributed by atoms with van der Waals surface area (Å²) in [5.74, 6) is -0.271. The third-order valence-electron chi connectivity index (χ3n) is 2.77. The van der Waals surface area contributed by atoms with Crippen LogP contribution in [0.1, 0.15) is 18.1 Å². The Kier molecular flexibility index (Phi) is 5.54. The van der Waals surface area contributed by atoms with Crippen molar-refractivity contribution >= 4 is 28.8 Å². The number of nitrogens with two attached hydrogens (primary N) is 1. The standard InChI is InChI=1S/C13H16F3N3OS/c1-3-18-11(20)7-19(2)8-4-5-9(12(17)21)10(6-8)13(14,15)16/h4-6H,3,7H2,1-2H3,(H2,17,21)(H,18,20). The van der Waals surface area contributed by atoms with Crippen LogP contribution in [0.25, 0.3) is 0 Å². The molecule has 1 aromatic rings. The number of nitrogens with one attached hydrogen (secondary N) is 1. The van der Waals surface area contributed by atoms with Crippen molar-refractivity contribution < 1.29 is 18.0 Å². The summed E-state index contributed by atoms with van der Waals surface area (Å²) in [6.45, 7) is 2.18. The van der Waals surface area contributed by atoms with Crippen LogP contribution in [-0.4, -0.2) is 31.0 Å². The van der Waals surface area contributed by atoms with Crippen molar-refractivity contribution in [2.24, 2.45) is 5.73 Å². The third-order valence-corrected chi connectivity index (χ3v) is 2.99. The fraction of sp³-hybridized carbons (Fsp3) is 0.385. The number of benzene rings is 1. The molecular weight excluding hydrogens is 303 g/mol. The number of alkyl halides is 3. The van der Waals surface area contributed by atoms with Gasteiger partial charge < -0.3 is 16.0 Å². The van der Waals surface area contributed by atoms with Gasteiger partial charge in [0.1, 0.15) is 4.99 Å². The average molecular weight is 319 g/mol. The van der Waals surface area contributed by atoms with Crippen LogP contribution >= 0.6 is 12.2 Å². The molecule has 0 heterocycles. The maximum Gasteiger partial charge on any atom is 0.417 e. The van der Waals surface area contributed by atoms with E-state index in [9.17, 15) is 18.0 Å². The molecule has 8 heteroatoms. The van der Waals surface area contributed by atoms with Crippen LogP contribution in [0.4, 0.5) is 18.9 Å². The summed E-state index contributed by atoms with van der Waals surface area (Å²) in [6, 6.07) is 3.60. The first kappa shape index (κ1) is 17.2. The second-order valence-electron chi connectivity index (χ2n) is 4.40. The van der Waals surface area contributed by atoms with E-state index in [1.807, 2.05) is 0 Å². The molecule has 0 radical (unpaired) electrons. The predicted octanol–water partition coefficient (Wildman–Crippen LogP) is 1.91. The maximum atomic E-state index is 13.0. The molecule has 0 bridgehead atoms. The van der Waals surface area contributed by atoms with Gasteiger partial charge in [-0.15, -0.1) is 0 Å². The minimum Gasteiger partial charge on any atom is -0.389 e. The van der Waals surface area contributed by atoms with Gasteiger partial charge in [0.05, 0.1) is 12.1 Å². The lowest BCUT2D eigenvalue weighted by Crippen LogP contribution is -2.35. The summed E-state index contributed by atoms with van der Waals surface area (Å²) >= 11 is 4.63. The van der Waals surface area contributed by atoms with Crippen molar-refractivity contribution in [1.29, 1.82) is 0 Å². The van der Waals surface area contributed by atoms with Gasteiger partial charge in [-0.1, -0.05) is 12.2 Å². The largest absolute Gasteiger partial charge is 0.417 e. The molecule has 1 amide bonds. The number of hydrogen-bond acceptors (Lipinski definition) is 3. The van der Waals surface area contributed by atoms with Crippen LogP contribution in [0.5, 0.6) is 0 Å². The molecule has 0 aliphatic rings. The van der Waals surface area contributed by atoms with E-state index in [0.29, 0.717) is 6.54 Å². The topological polar surface area (TPSA) is 58.4 Å². The Morgan fingerprint density at radius 3 is 2.52 bits per heavy atom. The molecule has 116 valence electrons. The number of halogens is 3. The second-order valence-corrected chi connectivity index (χ2v) is 4.84. The van der Waals surface area contributed by atoms with Crippen LogP contribution in [0, 0.1) is 0 Å². The molecule has 3 N–H and O–H groups in total. The SMILES string of the molecule is CCNC(=O)CN(C)c1ccc(C(N)=S)c(C(F)(F)F)c1. The van der Waals surface area contributed by atoms with E-state index in [4.69, 9.17) is 5.73 Å². The van der Waals surface area contributed by atoms with E-state index in [1.165, 1.54) is 24.1 Å². The fourth-order valence-electron chi connectivity index (χ4n) is 1.78. The Balaban J connectivity index is 3.11. The molecule has 0 aromatic heterocycles. The van der Waals surface area contributed by atoms with Gasteiger partial charge in [0, 0.05) is 24.8 Å². The molecule has 0 fully saturated rings. The normalized spacial score (nSPS) is 11.1. The smallest absolute Gasteiger partial charge is 0.389 e. The molecule has 1 rings (SSSR count). The molecule has 0 saturated heterocycles. The first-order chi connectivity index (χ1) is 9.66. The highest BCUT2D eigenvalue weighted by Gasteiger charge is 2.34. The van der Waals surface area contributed by atoms with Gasteiger partial charge in [0.25, 0.3) is 0 Å². The van der Waals surface area contributed by atoms with Crippen LogP contribution in [-0.2, 0) is 11.0 Å². The number of hydrogen-bond donors (Lipinski definition) is 2. The number of thiocarbonyl (C=S) groups is 1. The lowest BCUT2D eigenvalue weighted by atomic mass is 10.1. The van der Waals surface area contributed by atoms with Crippen LogP contribution in [0.2, 0.25) is 0 Å². The maximum absolute atomic E-state index is 13.0. The number of carbonyl (C=O) groups excluding carboxylic acids is 1. The van der Waals surface area contributed by atoms with Crippen molar-refractivity contribution in [3.05, 3.63) is 29.3 Å². The van der Waals surface area contributed by atoms with Crippen molar-refractivity contribution in [3.63, 3.8) is 0 Å². The van der Waals surface area contributed by atoms with Gasteiger partial charge in [-0.05, 0) is 25.1 Å². The van der Waals surface area contributed by atoms with Crippen molar-refractivity contribution in [2.75, 3.05) is 25.0 Å². The van der Waals surface area contributed by atoms with Crippen molar-refractivity contribution in [1.82, 2.24) is 5.32 Å². The molecule has 0 atom stereocenters. The number of anilines is 1. The van der Waals surface area contributed by atoms with Gasteiger partial charge in [-0.2, -0.15) is 13.2 Å². The van der Waals surface area contributed by atoms with E-state index < -0.39 is 11.7 Å². The van der Waals surface area contributed by atoms with E-state index in [0.717, 1.165) is 6.07 Å². The Morgan fingerprint density at radius 1 is 1.43 bits per heavy atom. The zero-order valence-electron chi connectivity index (χ0n) is 11.6. The lowest BCUT2D eigenvalue weighted by Gasteiger charge is -2.21. The molecule has 21 heavy (non-hydrogen) atoms. The minimum atomic E-state index is -4.57. The zero-order valence-corrected chi connectivity index (χ0v) is 12.4. The summed E-state index contributed by atoms with van der Waals surface area (Å²) < 4.78 is 39.1. The van der Waals surface area contributed by atoms with Gasteiger partial charge >= 0.3 is 6.18 Å². The quantitative estimate of drug-likeness (QED) is 0.814. The van der Waals surface area contributed by atoms with Crippen LogP contribution in [0.15, 0.2) is 18.2 Å². The Labute approximate surface area is 126 Å². The molecule has 0 unspecified atom stereocenters. The van der Waals surface area contributed by atoms with Crippen LogP contribution < -0.4 is 16.0 Å². The molecule has 1 aromatic carbocycles. The summed E-state index contributed by atoms with van der Waals surface area (Å²) in [4.78, 5) is 12.6. The van der Waals surface area contributed by atoms with Gasteiger partial charge in [-0.3, -0.25) is 4.79 Å². The lowest BCUT2D eigenvalue weighted by molar-refractivity contribution is -0.137. The third kappa shape index (κ3) is 4.59. The Morgan fingerprint density at radius 2 is 2.05 bits per heavy atom. The highest BCUT2D eigenvalue weighted by atomic mass is 32.1. The second kappa shape index (κ2) is 6.75. The number of amides is 1. The summed E-state index contributed by atoms with van der Waals surface area (Å²) in [6.07, 6.45) is -4.57. The highest BCUT2D eigenvalue weighted by Crippen LogP contribution is 2.34. The summed E-state index contributed by atoms with van der Waals surface area (Å²) in [5.41, 5.74) is 4.43. The number of likely N-dealkylation sites (N-methyl/N-ethyl adjacent to an activating group) is 2. The molecule has 4 nitrogen and oxygen atoms in total. The molecule has 0 aliphatic heterocycles. The van der Waals surface area contributed by atoms with E-state index in [1.54, 1.807) is 6.92 Å². The van der Waals surface area contributed by atoms with Gasteiger partial charge in [-0.25, -0.2) is 0 Å². The van der Waals surface area contributed by atoms with E-state index in [-0.39, 0.29) is 28.7 Å². The Hall–Kier alpha value is -1.83. The first-order valence-electron chi connectivity index (χ1n) is 6.15. The minimum absolute atomic E-state index is 0.0441. The molecule has 0 spiro atoms.